The monoisotopic (exact) mass is 558 g/mol. The molecule has 0 bridgehead atoms. The van der Waals surface area contributed by atoms with Gasteiger partial charge in [0.2, 0.25) is 11.8 Å². The van der Waals surface area contributed by atoms with Crippen molar-refractivity contribution in [2.75, 3.05) is 35.8 Å². The molecule has 2 aliphatic rings. The zero-order valence-electron chi connectivity index (χ0n) is 22.5. The Balaban J connectivity index is 1.48. The summed E-state index contributed by atoms with van der Waals surface area (Å²) in [5.41, 5.74) is 2.00. The Kier molecular flexibility index (Phi) is 7.63. The Bertz CT molecular complexity index is 1450. The second-order valence-corrected chi connectivity index (χ2v) is 10.9. The van der Waals surface area contributed by atoms with E-state index in [0.717, 1.165) is 24.1 Å². The highest BCUT2D eigenvalue weighted by atomic mass is 35.5. The highest BCUT2D eigenvalue weighted by molar-refractivity contribution is 6.52. The molecule has 1 aliphatic heterocycles. The molecule has 206 valence electrons. The summed E-state index contributed by atoms with van der Waals surface area (Å²) >= 11 is 6.10. The van der Waals surface area contributed by atoms with Gasteiger partial charge < -0.3 is 15.1 Å². The first kappa shape index (κ1) is 27.4. The van der Waals surface area contributed by atoms with Crippen LogP contribution in [0.25, 0.3) is 0 Å². The summed E-state index contributed by atoms with van der Waals surface area (Å²) in [6, 6.07) is 21.3. The molecule has 0 unspecified atom stereocenters. The Hall–Kier alpha value is -4.17. The fourth-order valence-electron chi connectivity index (χ4n) is 5.55. The number of hydrogen-bond acceptors (Lipinski definition) is 5. The average Bonchev–Trinajstić information content (AvgIpc) is 3.54. The lowest BCUT2D eigenvalue weighted by atomic mass is 9.92. The maximum atomic E-state index is 14.1. The fourth-order valence-corrected chi connectivity index (χ4v) is 5.67. The molecule has 1 aliphatic carbocycles. The highest BCUT2D eigenvalue weighted by Crippen LogP contribution is 2.39. The molecule has 3 aromatic carbocycles. The van der Waals surface area contributed by atoms with Crippen LogP contribution in [0, 0.1) is 0 Å². The summed E-state index contributed by atoms with van der Waals surface area (Å²) in [5.74, 6) is -2.06. The molecule has 3 amide bonds. The predicted octanol–water partition coefficient (Wildman–Crippen LogP) is 4.92. The van der Waals surface area contributed by atoms with Crippen LogP contribution in [-0.4, -0.2) is 54.6 Å². The van der Waals surface area contributed by atoms with Crippen molar-refractivity contribution in [2.45, 2.75) is 37.8 Å². The third-order valence-electron chi connectivity index (χ3n) is 7.74. The second kappa shape index (κ2) is 11.1. The van der Waals surface area contributed by atoms with E-state index in [-0.39, 0.29) is 24.6 Å². The first-order valence-electron chi connectivity index (χ1n) is 13.3. The van der Waals surface area contributed by atoms with Gasteiger partial charge in [0, 0.05) is 37.0 Å². The number of rotatable bonds is 8. The first-order valence-corrected chi connectivity index (χ1v) is 13.7. The number of hydrogen-bond donors (Lipinski definition) is 1. The van der Waals surface area contributed by atoms with Gasteiger partial charge >= 0.3 is 0 Å². The summed E-state index contributed by atoms with van der Waals surface area (Å²) in [6.07, 6.45) is 2.53. The van der Waals surface area contributed by atoms with Gasteiger partial charge in [0.25, 0.3) is 11.7 Å². The average molecular weight is 559 g/mol. The van der Waals surface area contributed by atoms with Gasteiger partial charge in [-0.25, -0.2) is 0 Å². The number of nitrogens with one attached hydrogen (secondary N) is 1. The van der Waals surface area contributed by atoms with Gasteiger partial charge in [0.05, 0.1) is 11.3 Å². The van der Waals surface area contributed by atoms with Gasteiger partial charge in [-0.05, 0) is 66.9 Å². The number of nitrogens with zero attached hydrogens (tertiary/aromatic N) is 3. The van der Waals surface area contributed by atoms with Crippen molar-refractivity contribution >= 4 is 52.2 Å². The number of carbonyl (C=O) groups excluding carboxylic acids is 4. The van der Waals surface area contributed by atoms with Crippen molar-refractivity contribution in [1.29, 1.82) is 0 Å². The van der Waals surface area contributed by atoms with Gasteiger partial charge in [0.15, 0.2) is 0 Å². The van der Waals surface area contributed by atoms with E-state index >= 15 is 0 Å². The van der Waals surface area contributed by atoms with E-state index in [1.165, 1.54) is 4.90 Å². The van der Waals surface area contributed by atoms with Crippen molar-refractivity contribution in [3.8, 4) is 0 Å². The van der Waals surface area contributed by atoms with E-state index in [9.17, 15) is 19.2 Å². The van der Waals surface area contributed by atoms with Gasteiger partial charge in [-0.3, -0.25) is 24.1 Å². The standard InChI is InChI=1S/C31H31ClN4O4/c1-34(2)24-15-13-23(14-16-24)33-30(40)31(17-5-6-18-31)36(19-21-9-11-22(32)12-10-21)27(37)20-35-26-8-4-3-7-25(26)28(38)29(35)39/h3-4,7-16H,5-6,17-20H2,1-2H3,(H,33,40). The van der Waals surface area contributed by atoms with Crippen molar-refractivity contribution in [1.82, 2.24) is 4.90 Å². The van der Waals surface area contributed by atoms with Crippen LogP contribution in [-0.2, 0) is 20.9 Å². The Morgan fingerprint density at radius 2 is 1.57 bits per heavy atom. The molecule has 5 rings (SSSR count). The minimum atomic E-state index is -1.12. The molecule has 40 heavy (non-hydrogen) atoms. The zero-order valence-corrected chi connectivity index (χ0v) is 23.3. The maximum absolute atomic E-state index is 14.1. The smallest absolute Gasteiger partial charge is 0.299 e. The SMILES string of the molecule is CN(C)c1ccc(NC(=O)C2(N(Cc3ccc(Cl)cc3)C(=O)CN3C(=O)C(=O)c4ccccc43)CCCC2)cc1. The number of benzene rings is 3. The minimum Gasteiger partial charge on any atom is -0.378 e. The Morgan fingerprint density at radius 3 is 2.23 bits per heavy atom. The van der Waals surface area contributed by atoms with Crippen LogP contribution in [0.5, 0.6) is 0 Å². The molecule has 1 heterocycles. The van der Waals surface area contributed by atoms with Crippen molar-refractivity contribution in [3.63, 3.8) is 0 Å². The first-order chi connectivity index (χ1) is 19.2. The van der Waals surface area contributed by atoms with Gasteiger partial charge in [0.1, 0.15) is 12.1 Å². The second-order valence-electron chi connectivity index (χ2n) is 10.5. The van der Waals surface area contributed by atoms with Crippen LogP contribution >= 0.6 is 11.6 Å². The molecular weight excluding hydrogens is 528 g/mol. The lowest BCUT2D eigenvalue weighted by Gasteiger charge is -2.41. The highest BCUT2D eigenvalue weighted by Gasteiger charge is 2.49. The van der Waals surface area contributed by atoms with Crippen LogP contribution in [0.4, 0.5) is 17.1 Å². The van der Waals surface area contributed by atoms with E-state index in [4.69, 9.17) is 11.6 Å². The number of fused-ring (bicyclic) bond motifs is 1. The largest absolute Gasteiger partial charge is 0.378 e. The quantitative estimate of drug-likeness (QED) is 0.397. The van der Waals surface area contributed by atoms with E-state index in [2.05, 4.69) is 5.32 Å². The maximum Gasteiger partial charge on any atom is 0.299 e. The number of para-hydroxylation sites is 1. The van der Waals surface area contributed by atoms with E-state index in [1.54, 1.807) is 41.3 Å². The lowest BCUT2D eigenvalue weighted by molar-refractivity contribution is -0.145. The molecule has 1 N–H and O–H groups in total. The molecule has 0 radical (unpaired) electrons. The molecule has 3 aromatic rings. The number of anilines is 3. The Labute approximate surface area is 238 Å². The molecule has 8 nitrogen and oxygen atoms in total. The van der Waals surface area contributed by atoms with Crippen molar-refractivity contribution in [2.24, 2.45) is 0 Å². The third-order valence-corrected chi connectivity index (χ3v) is 7.99. The summed E-state index contributed by atoms with van der Waals surface area (Å²) in [7, 11) is 3.89. The molecule has 9 heteroatoms. The summed E-state index contributed by atoms with van der Waals surface area (Å²) in [4.78, 5) is 58.4. The molecule has 0 atom stereocenters. The number of amides is 3. The molecule has 1 fully saturated rings. The summed E-state index contributed by atoms with van der Waals surface area (Å²) in [6.45, 7) is -0.192. The lowest BCUT2D eigenvalue weighted by Crippen LogP contribution is -2.59. The third kappa shape index (κ3) is 5.19. The van der Waals surface area contributed by atoms with Crippen molar-refractivity contribution < 1.29 is 19.2 Å². The molecule has 1 saturated carbocycles. The van der Waals surface area contributed by atoms with Crippen molar-refractivity contribution in [3.05, 3.63) is 88.9 Å². The molecule has 0 saturated heterocycles. The van der Waals surface area contributed by atoms with Gasteiger partial charge in [-0.15, -0.1) is 0 Å². The normalized spacial score (nSPS) is 15.6. The van der Waals surface area contributed by atoms with Crippen LogP contribution < -0.4 is 15.1 Å². The van der Waals surface area contributed by atoms with Gasteiger partial charge in [-0.1, -0.05) is 48.7 Å². The van der Waals surface area contributed by atoms with Crippen LogP contribution in [0.1, 0.15) is 41.6 Å². The van der Waals surface area contributed by atoms with Crippen LogP contribution in [0.3, 0.4) is 0 Å². The molecule has 0 spiro atoms. The fraction of sp³-hybridized carbons (Fsp3) is 0.290. The summed E-state index contributed by atoms with van der Waals surface area (Å²) in [5, 5.41) is 3.60. The number of carbonyl (C=O) groups is 4. The zero-order chi connectivity index (χ0) is 28.4. The van der Waals surface area contributed by atoms with Crippen LogP contribution in [0.2, 0.25) is 5.02 Å². The molecular formula is C31H31ClN4O4. The van der Waals surface area contributed by atoms with Gasteiger partial charge in [-0.2, -0.15) is 0 Å². The van der Waals surface area contributed by atoms with E-state index in [1.807, 2.05) is 55.4 Å². The summed E-state index contributed by atoms with van der Waals surface area (Å²) < 4.78 is 0. The predicted molar refractivity (Wildman–Crippen MR) is 156 cm³/mol. The van der Waals surface area contributed by atoms with E-state index in [0.29, 0.717) is 29.2 Å². The number of Topliss-reactive ketones (excluding diaryl/α,β-unsaturated/α-hetero) is 1. The van der Waals surface area contributed by atoms with E-state index < -0.39 is 23.1 Å². The number of halogens is 1. The number of ketones is 1. The van der Waals surface area contributed by atoms with Crippen LogP contribution in [0.15, 0.2) is 72.8 Å². The minimum absolute atomic E-state index is 0.153. The molecule has 0 aromatic heterocycles. The Morgan fingerprint density at radius 1 is 0.925 bits per heavy atom. The topological polar surface area (TPSA) is 90.0 Å².